The van der Waals surface area contributed by atoms with E-state index in [0.29, 0.717) is 12.2 Å². The van der Waals surface area contributed by atoms with E-state index in [0.717, 1.165) is 26.1 Å². The summed E-state index contributed by atoms with van der Waals surface area (Å²) < 4.78 is 0. The summed E-state index contributed by atoms with van der Waals surface area (Å²) in [4.78, 5) is 14.1. The minimum Gasteiger partial charge on any atom is -0.311 e. The van der Waals surface area contributed by atoms with Crippen LogP contribution in [0.1, 0.15) is 39.5 Å². The summed E-state index contributed by atoms with van der Waals surface area (Å²) >= 11 is 0. The maximum atomic E-state index is 11.6. The van der Waals surface area contributed by atoms with Crippen molar-refractivity contribution in [2.75, 3.05) is 25.0 Å². The van der Waals surface area contributed by atoms with Crippen molar-refractivity contribution >= 4 is 11.7 Å². The van der Waals surface area contributed by atoms with Gasteiger partial charge in [-0.1, -0.05) is 13.8 Å². The third kappa shape index (κ3) is 5.82. The molecule has 5 nitrogen and oxygen atoms in total. The lowest BCUT2D eigenvalue weighted by Crippen LogP contribution is -2.27. The minimum atomic E-state index is 0.0483. The Labute approximate surface area is 109 Å². The van der Waals surface area contributed by atoms with E-state index < -0.39 is 0 Å². The van der Waals surface area contributed by atoms with Gasteiger partial charge in [-0.05, 0) is 38.9 Å². The number of hydrogen-bond donors (Lipinski definition) is 2. The van der Waals surface area contributed by atoms with E-state index in [1.807, 2.05) is 0 Å². The third-order valence-electron chi connectivity index (χ3n) is 2.73. The largest absolute Gasteiger partial charge is 0.311 e. The van der Waals surface area contributed by atoms with Crippen LogP contribution in [-0.2, 0) is 4.79 Å². The fraction of sp³-hybridized carbons (Fsp3) is 0.692. The van der Waals surface area contributed by atoms with Gasteiger partial charge in [0.1, 0.15) is 5.82 Å². The smallest absolute Gasteiger partial charge is 0.225 e. The number of aromatic nitrogens is 2. The Kier molecular flexibility index (Phi) is 7.10. The Hall–Kier alpha value is -1.36. The normalized spacial score (nSPS) is 10.8. The van der Waals surface area contributed by atoms with Crippen molar-refractivity contribution in [3.8, 4) is 0 Å². The molecule has 2 N–H and O–H groups in total. The number of hydrogen-bond acceptors (Lipinski definition) is 3. The molecule has 1 heterocycles. The van der Waals surface area contributed by atoms with Crippen LogP contribution in [0.2, 0.25) is 0 Å². The summed E-state index contributed by atoms with van der Waals surface area (Å²) in [5.41, 5.74) is 0. The second kappa shape index (κ2) is 8.69. The van der Waals surface area contributed by atoms with Crippen molar-refractivity contribution in [1.29, 1.82) is 0 Å². The predicted octanol–water partition coefficient (Wildman–Crippen LogP) is 2.25. The predicted molar refractivity (Wildman–Crippen MR) is 73.5 cm³/mol. The molecule has 0 radical (unpaired) electrons. The van der Waals surface area contributed by atoms with E-state index in [-0.39, 0.29) is 5.91 Å². The Morgan fingerprint density at radius 1 is 1.33 bits per heavy atom. The molecule has 0 atom stereocenters. The van der Waals surface area contributed by atoms with Crippen LogP contribution in [0.4, 0.5) is 5.82 Å². The minimum absolute atomic E-state index is 0.0483. The van der Waals surface area contributed by atoms with Gasteiger partial charge in [0.15, 0.2) is 0 Å². The summed E-state index contributed by atoms with van der Waals surface area (Å²) in [5.74, 6) is 0.714. The number of aromatic amines is 1. The highest BCUT2D eigenvalue weighted by Crippen LogP contribution is 2.03. The lowest BCUT2D eigenvalue weighted by molar-refractivity contribution is -0.116. The van der Waals surface area contributed by atoms with Gasteiger partial charge in [0.25, 0.3) is 0 Å². The maximum Gasteiger partial charge on any atom is 0.225 e. The van der Waals surface area contributed by atoms with Crippen molar-refractivity contribution in [3.63, 3.8) is 0 Å². The molecule has 0 unspecified atom stereocenters. The van der Waals surface area contributed by atoms with E-state index in [2.05, 4.69) is 34.3 Å². The van der Waals surface area contributed by atoms with Gasteiger partial charge >= 0.3 is 0 Å². The zero-order chi connectivity index (χ0) is 13.2. The van der Waals surface area contributed by atoms with Crippen LogP contribution in [0, 0.1) is 0 Å². The number of anilines is 1. The van der Waals surface area contributed by atoms with Gasteiger partial charge in [0.05, 0.1) is 6.20 Å². The number of nitrogens with one attached hydrogen (secondary N) is 2. The van der Waals surface area contributed by atoms with Crippen molar-refractivity contribution < 1.29 is 4.79 Å². The second-order valence-electron chi connectivity index (χ2n) is 4.46. The summed E-state index contributed by atoms with van der Waals surface area (Å²) in [7, 11) is 0. The van der Waals surface area contributed by atoms with E-state index in [1.54, 1.807) is 12.3 Å². The van der Waals surface area contributed by atoms with E-state index >= 15 is 0 Å². The highest BCUT2D eigenvalue weighted by Gasteiger charge is 2.06. The summed E-state index contributed by atoms with van der Waals surface area (Å²) in [6.07, 6.45) is 5.42. The summed E-state index contributed by atoms with van der Waals surface area (Å²) in [6.45, 7) is 7.62. The number of rotatable bonds is 9. The number of carbonyl (C=O) groups is 1. The first-order valence-corrected chi connectivity index (χ1v) is 6.77. The molecule has 0 saturated heterocycles. The molecule has 0 aliphatic heterocycles. The fourth-order valence-electron chi connectivity index (χ4n) is 1.97. The molecule has 0 spiro atoms. The van der Waals surface area contributed by atoms with Gasteiger partial charge in [-0.25, -0.2) is 0 Å². The first kappa shape index (κ1) is 14.7. The SMILES string of the molecule is CCCN(CCC)CCCC(=O)Nc1ccn[nH]1. The molecule has 5 heteroatoms. The lowest BCUT2D eigenvalue weighted by Gasteiger charge is -2.20. The van der Waals surface area contributed by atoms with Crippen molar-refractivity contribution in [2.45, 2.75) is 39.5 Å². The van der Waals surface area contributed by atoms with Gasteiger partial charge in [-0.15, -0.1) is 0 Å². The van der Waals surface area contributed by atoms with Crippen LogP contribution in [0.3, 0.4) is 0 Å². The molecule has 1 amide bonds. The number of nitrogens with zero attached hydrogens (tertiary/aromatic N) is 2. The maximum absolute atomic E-state index is 11.6. The molecule has 102 valence electrons. The Bertz CT molecular complexity index is 318. The molecule has 0 fully saturated rings. The molecule has 0 aromatic carbocycles. The molecule has 1 aromatic rings. The van der Waals surface area contributed by atoms with Crippen molar-refractivity contribution in [2.24, 2.45) is 0 Å². The third-order valence-corrected chi connectivity index (χ3v) is 2.73. The molecule has 1 rings (SSSR count). The first-order chi connectivity index (χ1) is 8.76. The van der Waals surface area contributed by atoms with Crippen molar-refractivity contribution in [1.82, 2.24) is 15.1 Å². The van der Waals surface area contributed by atoms with Gasteiger partial charge in [0.2, 0.25) is 5.91 Å². The van der Waals surface area contributed by atoms with Gasteiger partial charge in [0, 0.05) is 12.5 Å². The van der Waals surface area contributed by atoms with E-state index in [9.17, 15) is 4.79 Å². The molecular formula is C13H24N4O. The lowest BCUT2D eigenvalue weighted by atomic mass is 10.2. The highest BCUT2D eigenvalue weighted by atomic mass is 16.1. The molecule has 0 saturated carbocycles. The van der Waals surface area contributed by atoms with Gasteiger partial charge in [-0.2, -0.15) is 5.10 Å². The van der Waals surface area contributed by atoms with Crippen LogP contribution in [0.25, 0.3) is 0 Å². The average molecular weight is 252 g/mol. The number of carbonyl (C=O) groups excluding carboxylic acids is 1. The van der Waals surface area contributed by atoms with Crippen LogP contribution < -0.4 is 5.32 Å². The molecule has 0 aliphatic carbocycles. The topological polar surface area (TPSA) is 61.0 Å². The van der Waals surface area contributed by atoms with Crippen LogP contribution in [-0.4, -0.2) is 40.6 Å². The standard InChI is InChI=1S/C13H24N4O/c1-3-9-17(10-4-2)11-5-6-13(18)15-12-7-8-14-16-12/h7-8H,3-6,9-11H2,1-2H3,(H2,14,15,16,18). The Morgan fingerprint density at radius 3 is 2.61 bits per heavy atom. The van der Waals surface area contributed by atoms with Gasteiger partial charge in [-0.3, -0.25) is 9.89 Å². The van der Waals surface area contributed by atoms with Crippen LogP contribution in [0.5, 0.6) is 0 Å². The van der Waals surface area contributed by atoms with Crippen molar-refractivity contribution in [3.05, 3.63) is 12.3 Å². The number of H-pyrrole nitrogens is 1. The van der Waals surface area contributed by atoms with Crippen LogP contribution in [0.15, 0.2) is 12.3 Å². The molecule has 1 aromatic heterocycles. The Balaban J connectivity index is 2.17. The summed E-state index contributed by atoms with van der Waals surface area (Å²) in [6, 6.07) is 1.75. The van der Waals surface area contributed by atoms with E-state index in [4.69, 9.17) is 0 Å². The molecule has 0 bridgehead atoms. The molecular weight excluding hydrogens is 228 g/mol. The monoisotopic (exact) mass is 252 g/mol. The zero-order valence-corrected chi connectivity index (χ0v) is 11.4. The first-order valence-electron chi connectivity index (χ1n) is 6.77. The van der Waals surface area contributed by atoms with Crippen LogP contribution >= 0.6 is 0 Å². The quantitative estimate of drug-likeness (QED) is 0.708. The molecule has 18 heavy (non-hydrogen) atoms. The molecule has 0 aliphatic rings. The number of amides is 1. The average Bonchev–Trinajstić information content (AvgIpc) is 2.82. The fourth-order valence-corrected chi connectivity index (χ4v) is 1.97. The zero-order valence-electron chi connectivity index (χ0n) is 11.4. The highest BCUT2D eigenvalue weighted by molar-refractivity contribution is 5.89. The van der Waals surface area contributed by atoms with E-state index in [1.165, 1.54) is 12.8 Å². The summed E-state index contributed by atoms with van der Waals surface area (Å²) in [5, 5.41) is 9.28. The van der Waals surface area contributed by atoms with Gasteiger partial charge < -0.3 is 10.2 Å². The Morgan fingerprint density at radius 2 is 2.06 bits per heavy atom. The second-order valence-corrected chi connectivity index (χ2v) is 4.46.